The summed E-state index contributed by atoms with van der Waals surface area (Å²) in [7, 11) is 5.24. The van der Waals surface area contributed by atoms with Crippen molar-refractivity contribution in [1.29, 1.82) is 0 Å². The van der Waals surface area contributed by atoms with E-state index in [0.29, 0.717) is 17.4 Å². The normalized spacial score (nSPS) is 12.5. The maximum atomic E-state index is 12.6. The molecule has 27 heavy (non-hydrogen) atoms. The van der Waals surface area contributed by atoms with Gasteiger partial charge in [-0.1, -0.05) is 13.8 Å². The quantitative estimate of drug-likeness (QED) is 0.716. The van der Waals surface area contributed by atoms with Crippen LogP contribution in [-0.2, 0) is 21.1 Å². The lowest BCUT2D eigenvalue weighted by Crippen LogP contribution is -2.34. The molecule has 0 bridgehead atoms. The van der Waals surface area contributed by atoms with E-state index in [-0.39, 0.29) is 17.8 Å². The van der Waals surface area contributed by atoms with Crippen molar-refractivity contribution in [3.63, 3.8) is 0 Å². The SMILES string of the molecule is CC(C)CC(NC(=O)Nc1ccc2c(c1)n(C)c(=O)n2C)c1ncnn1C. The van der Waals surface area contributed by atoms with E-state index in [4.69, 9.17) is 0 Å². The van der Waals surface area contributed by atoms with E-state index in [1.807, 2.05) is 6.07 Å². The Hall–Kier alpha value is -3.10. The molecule has 0 aliphatic rings. The van der Waals surface area contributed by atoms with Gasteiger partial charge in [-0.3, -0.25) is 13.8 Å². The molecule has 3 aromatic rings. The zero-order chi connectivity index (χ0) is 19.7. The van der Waals surface area contributed by atoms with E-state index in [0.717, 1.165) is 17.5 Å². The van der Waals surface area contributed by atoms with Crippen molar-refractivity contribution in [2.75, 3.05) is 5.32 Å². The molecule has 0 saturated carbocycles. The number of anilines is 1. The van der Waals surface area contributed by atoms with E-state index >= 15 is 0 Å². The lowest BCUT2D eigenvalue weighted by atomic mass is 10.0. The maximum Gasteiger partial charge on any atom is 0.328 e. The first-order chi connectivity index (χ1) is 12.8. The first-order valence-electron chi connectivity index (χ1n) is 8.84. The fraction of sp³-hybridized carbons (Fsp3) is 0.444. The van der Waals surface area contributed by atoms with Gasteiger partial charge >= 0.3 is 11.7 Å². The first-order valence-corrected chi connectivity index (χ1v) is 8.84. The van der Waals surface area contributed by atoms with Gasteiger partial charge in [0.25, 0.3) is 0 Å². The highest BCUT2D eigenvalue weighted by Crippen LogP contribution is 2.20. The average molecular weight is 371 g/mol. The summed E-state index contributed by atoms with van der Waals surface area (Å²) in [6, 6.07) is 4.81. The number of amides is 2. The van der Waals surface area contributed by atoms with Crippen LogP contribution in [-0.4, -0.2) is 29.9 Å². The summed E-state index contributed by atoms with van der Waals surface area (Å²) in [5.41, 5.74) is 2.07. The number of nitrogens with one attached hydrogen (secondary N) is 2. The summed E-state index contributed by atoms with van der Waals surface area (Å²) in [4.78, 5) is 28.9. The van der Waals surface area contributed by atoms with Crippen LogP contribution in [0.5, 0.6) is 0 Å². The third-order valence-electron chi connectivity index (χ3n) is 4.60. The molecule has 2 heterocycles. The number of carbonyl (C=O) groups excluding carboxylic acids is 1. The Morgan fingerprint density at radius 1 is 1.15 bits per heavy atom. The van der Waals surface area contributed by atoms with Crippen LogP contribution in [0.15, 0.2) is 29.3 Å². The van der Waals surface area contributed by atoms with Gasteiger partial charge in [0.15, 0.2) is 0 Å². The topological polar surface area (TPSA) is 98.8 Å². The number of hydrogen-bond acceptors (Lipinski definition) is 4. The minimum Gasteiger partial charge on any atom is -0.328 e. The molecule has 1 aromatic carbocycles. The van der Waals surface area contributed by atoms with E-state index in [1.54, 1.807) is 47.1 Å². The average Bonchev–Trinajstić information content (AvgIpc) is 3.12. The molecule has 2 aromatic heterocycles. The zero-order valence-corrected chi connectivity index (χ0v) is 16.2. The van der Waals surface area contributed by atoms with Crippen LogP contribution in [0.3, 0.4) is 0 Å². The van der Waals surface area contributed by atoms with Gasteiger partial charge in [0.2, 0.25) is 0 Å². The molecular weight excluding hydrogens is 346 g/mol. The maximum absolute atomic E-state index is 12.6. The van der Waals surface area contributed by atoms with Crippen LogP contribution in [0.2, 0.25) is 0 Å². The molecule has 144 valence electrons. The number of rotatable bonds is 5. The van der Waals surface area contributed by atoms with Crippen LogP contribution in [0.1, 0.15) is 32.1 Å². The minimum atomic E-state index is -0.330. The molecule has 2 N–H and O–H groups in total. The van der Waals surface area contributed by atoms with Crippen LogP contribution in [0.4, 0.5) is 10.5 Å². The lowest BCUT2D eigenvalue weighted by Gasteiger charge is -2.20. The Kier molecular flexibility index (Phi) is 5.02. The number of benzene rings is 1. The fourth-order valence-electron chi connectivity index (χ4n) is 3.23. The van der Waals surface area contributed by atoms with Gasteiger partial charge in [0.05, 0.1) is 17.1 Å². The number of imidazole rings is 1. The Morgan fingerprint density at radius 2 is 1.85 bits per heavy atom. The number of carbonyl (C=O) groups is 1. The summed E-state index contributed by atoms with van der Waals surface area (Å²) in [6.07, 6.45) is 2.22. The van der Waals surface area contributed by atoms with Gasteiger partial charge < -0.3 is 10.6 Å². The smallest absolute Gasteiger partial charge is 0.328 e. The fourth-order valence-corrected chi connectivity index (χ4v) is 3.23. The molecule has 0 aliphatic carbocycles. The van der Waals surface area contributed by atoms with Crippen molar-refractivity contribution in [3.05, 3.63) is 40.8 Å². The summed E-state index contributed by atoms with van der Waals surface area (Å²) >= 11 is 0. The number of fused-ring (bicyclic) bond motifs is 1. The van der Waals surface area contributed by atoms with Crippen molar-refractivity contribution in [2.24, 2.45) is 27.1 Å². The van der Waals surface area contributed by atoms with Gasteiger partial charge in [-0.15, -0.1) is 0 Å². The van der Waals surface area contributed by atoms with Crippen molar-refractivity contribution in [2.45, 2.75) is 26.3 Å². The number of nitrogens with zero attached hydrogens (tertiary/aromatic N) is 5. The Labute approximate surface area is 157 Å². The van der Waals surface area contributed by atoms with Crippen molar-refractivity contribution in [1.82, 2.24) is 29.2 Å². The van der Waals surface area contributed by atoms with Crippen molar-refractivity contribution < 1.29 is 4.79 Å². The molecule has 1 unspecified atom stereocenters. The molecule has 0 saturated heterocycles. The molecular formula is C18H25N7O2. The third kappa shape index (κ3) is 3.71. The highest BCUT2D eigenvalue weighted by Gasteiger charge is 2.20. The molecule has 9 nitrogen and oxygen atoms in total. The highest BCUT2D eigenvalue weighted by atomic mass is 16.2. The number of urea groups is 1. The number of aryl methyl sites for hydroxylation is 3. The van der Waals surface area contributed by atoms with E-state index < -0.39 is 0 Å². The summed E-state index contributed by atoms with van der Waals surface area (Å²) in [6.45, 7) is 4.18. The van der Waals surface area contributed by atoms with Gasteiger partial charge in [0, 0.05) is 26.8 Å². The zero-order valence-electron chi connectivity index (χ0n) is 16.2. The molecule has 0 radical (unpaired) electrons. The van der Waals surface area contributed by atoms with Crippen molar-refractivity contribution in [3.8, 4) is 0 Å². The molecule has 3 rings (SSSR count). The predicted octanol–water partition coefficient (Wildman–Crippen LogP) is 1.91. The van der Waals surface area contributed by atoms with Crippen molar-refractivity contribution >= 4 is 22.8 Å². The second kappa shape index (κ2) is 7.26. The molecule has 1 atom stereocenters. The molecule has 2 amide bonds. The molecule has 0 aliphatic heterocycles. The van der Waals surface area contributed by atoms with E-state index in [1.165, 1.54) is 6.33 Å². The minimum absolute atomic E-state index is 0.106. The number of aromatic nitrogens is 5. The van der Waals surface area contributed by atoms with Gasteiger partial charge in [0.1, 0.15) is 12.2 Å². The van der Waals surface area contributed by atoms with E-state index in [9.17, 15) is 9.59 Å². The second-order valence-corrected chi connectivity index (χ2v) is 7.13. The van der Waals surface area contributed by atoms with Crippen LogP contribution >= 0.6 is 0 Å². The Bertz CT molecular complexity index is 1030. The Morgan fingerprint density at radius 3 is 2.48 bits per heavy atom. The monoisotopic (exact) mass is 371 g/mol. The summed E-state index contributed by atoms with van der Waals surface area (Å²) in [5.74, 6) is 1.09. The van der Waals surface area contributed by atoms with Crippen LogP contribution in [0, 0.1) is 5.92 Å². The standard InChI is InChI=1S/C18H25N7O2/c1-11(2)8-13(16-19-10-20-25(16)5)22-17(26)21-12-6-7-14-15(9-12)24(4)18(27)23(14)3/h6-7,9-11,13H,8H2,1-5H3,(H2,21,22,26). The van der Waals surface area contributed by atoms with Gasteiger partial charge in [-0.25, -0.2) is 14.6 Å². The molecule has 0 spiro atoms. The summed E-state index contributed by atoms with van der Waals surface area (Å²) in [5, 5.41) is 9.90. The highest BCUT2D eigenvalue weighted by molar-refractivity contribution is 5.92. The second-order valence-electron chi connectivity index (χ2n) is 7.13. The van der Waals surface area contributed by atoms with Gasteiger partial charge in [-0.05, 0) is 30.5 Å². The Balaban J connectivity index is 1.79. The molecule has 0 fully saturated rings. The van der Waals surface area contributed by atoms with Gasteiger partial charge in [-0.2, -0.15) is 5.10 Å². The summed E-state index contributed by atoms with van der Waals surface area (Å²) < 4.78 is 4.80. The van der Waals surface area contributed by atoms with Crippen LogP contribution < -0.4 is 16.3 Å². The largest absolute Gasteiger partial charge is 0.328 e. The predicted molar refractivity (Wildman–Crippen MR) is 104 cm³/mol. The van der Waals surface area contributed by atoms with Crippen LogP contribution in [0.25, 0.3) is 11.0 Å². The van der Waals surface area contributed by atoms with E-state index in [2.05, 4.69) is 34.6 Å². The third-order valence-corrected chi connectivity index (χ3v) is 4.60. The first kappa shape index (κ1) is 18.7. The number of hydrogen-bond donors (Lipinski definition) is 2. The lowest BCUT2D eigenvalue weighted by molar-refractivity contribution is 0.245. The molecule has 9 heteroatoms.